The van der Waals surface area contributed by atoms with E-state index < -0.39 is 85.7 Å². The van der Waals surface area contributed by atoms with Gasteiger partial charge < -0.3 is 19.9 Å². The highest BCUT2D eigenvalue weighted by molar-refractivity contribution is 6.31. The minimum Gasteiger partial charge on any atom is -0.311 e. The summed E-state index contributed by atoms with van der Waals surface area (Å²) in [6.07, 6.45) is 14.8. The molecule has 8 N–H and O–H groups in total. The molecule has 12 aromatic rings. The quantitative estimate of drug-likeness (QED) is 0.0430. The second kappa shape index (κ2) is 38.2. The van der Waals surface area contributed by atoms with Crippen molar-refractivity contribution in [1.29, 1.82) is 0 Å². The second-order valence-electron chi connectivity index (χ2n) is 30.7. The number of aromatic nitrogens is 8. The summed E-state index contributed by atoms with van der Waals surface area (Å²) in [7, 11) is 0. The Kier molecular flexibility index (Phi) is 27.1. The van der Waals surface area contributed by atoms with Crippen LogP contribution in [0.5, 0.6) is 0 Å². The monoisotopic (exact) mass is 1600 g/mol. The van der Waals surface area contributed by atoms with Gasteiger partial charge in [-0.3, -0.25) is 39.1 Å². The molecule has 4 aliphatic rings. The van der Waals surface area contributed by atoms with Gasteiger partial charge in [0.25, 0.3) is 22.2 Å². The normalized spacial score (nSPS) is 19.2. The van der Waals surface area contributed by atoms with Crippen LogP contribution in [0.3, 0.4) is 0 Å². The predicted molar refractivity (Wildman–Crippen MR) is 434 cm³/mol. The SMILES string of the molecule is O=c1[nH]c(C2CCC(c3ccccc3)CC2)c(Cc2ccc(F)c(F)c2)c(=O)[nH]1.O=c1[nH]c(C2CCC(c3ccccc3)CC2)c(Cc2ccc(F)cc2Cl)c(=O)[nH]1.O=c1[nH]c(C2CCC(c3ccccc3)CC2)c(Cc2ccc(F)cc2F)c(=O)[nH]1.O=c1[nH]c(C2CCC(c3ccccc3)CC2)c(Cc2cccc(F)c2F)c(=O)[nH]1. The molecule has 0 spiro atoms. The number of halogens is 8. The van der Waals surface area contributed by atoms with Crippen LogP contribution in [0.15, 0.2) is 232 Å². The predicted octanol–water partition coefficient (Wildman–Crippen LogP) is 18.0. The molecule has 24 heteroatoms. The third-order valence-electron chi connectivity index (χ3n) is 23.5. The van der Waals surface area contributed by atoms with Gasteiger partial charge in [-0.15, -0.1) is 0 Å². The first kappa shape index (κ1) is 82.3. The smallest absolute Gasteiger partial charge is 0.311 e. The summed E-state index contributed by atoms with van der Waals surface area (Å²) in [6.45, 7) is 0. The van der Waals surface area contributed by atoms with Gasteiger partial charge in [0.05, 0.1) is 0 Å². The van der Waals surface area contributed by atoms with Crippen molar-refractivity contribution in [3.63, 3.8) is 0 Å². The Morgan fingerprint density at radius 2 is 0.569 bits per heavy atom. The average molecular weight is 1600 g/mol. The van der Waals surface area contributed by atoms with Crippen molar-refractivity contribution in [3.05, 3.63) is 413 Å². The molecule has 0 bridgehead atoms. The molecule has 4 saturated carbocycles. The molecule has 116 heavy (non-hydrogen) atoms. The number of rotatable bonds is 16. The van der Waals surface area contributed by atoms with Crippen LogP contribution in [0.1, 0.15) is 240 Å². The molecule has 0 unspecified atom stereocenters. The molecule has 8 aromatic carbocycles. The van der Waals surface area contributed by atoms with E-state index in [0.717, 1.165) is 127 Å². The summed E-state index contributed by atoms with van der Waals surface area (Å²) in [5.41, 5.74) is 6.62. The Morgan fingerprint density at radius 1 is 0.259 bits per heavy atom. The van der Waals surface area contributed by atoms with Gasteiger partial charge in [0.15, 0.2) is 23.3 Å². The van der Waals surface area contributed by atoms with E-state index >= 15 is 0 Å². The second-order valence-corrected chi connectivity index (χ2v) is 31.1. The van der Waals surface area contributed by atoms with Crippen LogP contribution < -0.4 is 45.0 Å². The number of hydrogen-bond donors (Lipinski definition) is 8. The van der Waals surface area contributed by atoms with Gasteiger partial charge in [-0.05, 0) is 231 Å². The van der Waals surface area contributed by atoms with Gasteiger partial charge in [-0.25, -0.2) is 49.9 Å². The lowest BCUT2D eigenvalue weighted by atomic mass is 9.76. The number of nitrogens with one attached hydrogen (secondary N) is 8. The van der Waals surface area contributed by atoms with E-state index in [0.29, 0.717) is 79.8 Å². The third kappa shape index (κ3) is 20.7. The summed E-state index contributed by atoms with van der Waals surface area (Å²) in [4.78, 5) is 118. The van der Waals surface area contributed by atoms with Crippen LogP contribution in [0.2, 0.25) is 5.02 Å². The fraction of sp³-hybridized carbons (Fsp3) is 0.304. The molecule has 0 saturated heterocycles. The Balaban J connectivity index is 0.000000135. The first-order chi connectivity index (χ1) is 56.0. The van der Waals surface area contributed by atoms with Crippen molar-refractivity contribution in [3.8, 4) is 0 Å². The molecule has 16 rings (SSSR count). The number of aromatic amines is 8. The standard InChI is InChI=1S/C23H22ClFN2O2.3C23H22F2N2O2/c24-20-13-18(25)11-10-17(20)12-19-21(26-23(29)27-22(19)28)16-8-6-15(7-9-16)14-4-2-1-3-5-14;24-19-8-4-7-17(20(19)25)13-18-21(26-23(29)27-22(18)28)16-11-9-15(10-12-16)14-5-2-1-3-6-14;24-19-11-6-14(13-20(19)25)12-18-21(26-23(29)27-22(18)28)17-9-7-16(8-10-17)15-4-2-1-3-5-15;24-18-11-10-17(20(25)13-18)12-19-21(26-23(29)27-22(19)28)16-8-6-15(7-9-16)14-4-2-1-3-5-14/h1-5,10-11,13,15-16H,6-9,12H2,(H2,26,27,28,29);1-8,15-16H,9-13H2,(H2,26,27,28,29);1-6,11,13,16-17H,7-10,12H2,(H2,26,27,28,29);1-5,10-11,13,15-16H,6-9,12H2,(H2,26,27,28,29). The van der Waals surface area contributed by atoms with Crippen LogP contribution in [0, 0.1) is 40.7 Å². The van der Waals surface area contributed by atoms with Crippen molar-refractivity contribution >= 4 is 11.6 Å². The maximum atomic E-state index is 14.2. The molecule has 0 radical (unpaired) electrons. The average Bonchev–Trinajstić information content (AvgIpc) is 0.810. The van der Waals surface area contributed by atoms with Crippen LogP contribution in [-0.2, 0) is 25.7 Å². The van der Waals surface area contributed by atoms with Gasteiger partial charge in [-0.2, -0.15) is 0 Å². The number of benzene rings is 8. The van der Waals surface area contributed by atoms with E-state index in [1.54, 1.807) is 6.07 Å². The van der Waals surface area contributed by atoms with E-state index in [1.807, 2.05) is 60.7 Å². The van der Waals surface area contributed by atoms with Gasteiger partial charge in [0.1, 0.15) is 17.5 Å². The largest absolute Gasteiger partial charge is 0.325 e. The molecular formula is C92H88ClF7N8O8. The van der Waals surface area contributed by atoms with Crippen molar-refractivity contribution in [2.75, 3.05) is 0 Å². The first-order valence-electron chi connectivity index (χ1n) is 39.4. The Labute approximate surface area is 667 Å². The van der Waals surface area contributed by atoms with E-state index in [2.05, 4.69) is 101 Å². The molecular weight excluding hydrogens is 1510 g/mol. The highest BCUT2D eigenvalue weighted by atomic mass is 35.5. The van der Waals surface area contributed by atoms with Gasteiger partial charge in [0, 0.05) is 81.8 Å². The minimum atomic E-state index is -0.961. The van der Waals surface area contributed by atoms with Gasteiger partial charge in [0.2, 0.25) is 0 Å². The summed E-state index contributed by atoms with van der Waals surface area (Å²) < 4.78 is 95.3. The fourth-order valence-electron chi connectivity index (χ4n) is 17.4. The summed E-state index contributed by atoms with van der Waals surface area (Å²) in [5.74, 6) is -3.49. The minimum absolute atomic E-state index is 0.00612. The lowest BCUT2D eigenvalue weighted by molar-refractivity contribution is 0.388. The van der Waals surface area contributed by atoms with Crippen LogP contribution in [-0.4, -0.2) is 39.9 Å². The molecule has 4 fully saturated rings. The molecule has 600 valence electrons. The highest BCUT2D eigenvalue weighted by Crippen LogP contribution is 2.45. The highest BCUT2D eigenvalue weighted by Gasteiger charge is 2.33. The van der Waals surface area contributed by atoms with Crippen LogP contribution >= 0.6 is 11.6 Å². The fourth-order valence-corrected chi connectivity index (χ4v) is 17.7. The van der Waals surface area contributed by atoms with Gasteiger partial charge in [-0.1, -0.05) is 163 Å². The maximum absolute atomic E-state index is 14.2. The number of H-pyrrole nitrogens is 8. The topological polar surface area (TPSA) is 263 Å². The van der Waals surface area contributed by atoms with E-state index in [-0.39, 0.29) is 65.5 Å². The lowest BCUT2D eigenvalue weighted by Crippen LogP contribution is -2.30. The summed E-state index contributed by atoms with van der Waals surface area (Å²) in [6, 6.07) is 56.4. The zero-order valence-corrected chi connectivity index (χ0v) is 64.3. The zero-order valence-electron chi connectivity index (χ0n) is 63.5. The van der Waals surface area contributed by atoms with Crippen molar-refractivity contribution in [2.24, 2.45) is 0 Å². The maximum Gasteiger partial charge on any atom is 0.325 e. The molecule has 4 aliphatic carbocycles. The van der Waals surface area contributed by atoms with Crippen molar-refractivity contribution < 1.29 is 30.7 Å². The third-order valence-corrected chi connectivity index (χ3v) is 23.8. The summed E-state index contributed by atoms with van der Waals surface area (Å²) in [5, 5.41) is 0.273. The molecule has 0 atom stereocenters. The molecule has 4 aromatic heterocycles. The van der Waals surface area contributed by atoms with Gasteiger partial charge >= 0.3 is 22.8 Å². The summed E-state index contributed by atoms with van der Waals surface area (Å²) >= 11 is 6.16. The first-order valence-corrected chi connectivity index (χ1v) is 39.8. The molecule has 0 amide bonds. The van der Waals surface area contributed by atoms with Crippen molar-refractivity contribution in [2.45, 2.75) is 176 Å². The van der Waals surface area contributed by atoms with Crippen molar-refractivity contribution in [1.82, 2.24) is 39.9 Å². The molecule has 16 nitrogen and oxygen atoms in total. The van der Waals surface area contributed by atoms with E-state index in [9.17, 15) is 69.1 Å². The Hall–Kier alpha value is -11.7. The Morgan fingerprint density at radius 3 is 0.905 bits per heavy atom. The van der Waals surface area contributed by atoms with Crippen LogP contribution in [0.4, 0.5) is 30.7 Å². The molecule has 0 aliphatic heterocycles. The van der Waals surface area contributed by atoms with E-state index in [1.165, 1.54) is 64.7 Å². The zero-order chi connectivity index (χ0) is 81.5. The van der Waals surface area contributed by atoms with E-state index in [4.69, 9.17) is 11.6 Å². The van der Waals surface area contributed by atoms with Crippen LogP contribution in [0.25, 0.3) is 0 Å². The molecule has 4 heterocycles. The number of hydrogen-bond acceptors (Lipinski definition) is 8. The Bertz CT molecular complexity index is 5720. The lowest BCUT2D eigenvalue weighted by Gasteiger charge is -2.29.